The third-order valence-corrected chi connectivity index (χ3v) is 9.14. The maximum atomic E-state index is 13.6. The molecule has 2 aliphatic heterocycles. The molecule has 2 aliphatic carbocycles. The van der Waals surface area contributed by atoms with E-state index in [1.165, 1.54) is 0 Å². The third-order valence-electron chi connectivity index (χ3n) is 7.52. The third kappa shape index (κ3) is 3.18. The Labute approximate surface area is 226 Å². The molecule has 0 radical (unpaired) electrons. The molecule has 6 atom stereocenters. The average molecular weight is 562 g/mol. The Morgan fingerprint density at radius 3 is 1.11 bits per heavy atom. The van der Waals surface area contributed by atoms with Crippen LogP contribution < -0.4 is 9.80 Å². The van der Waals surface area contributed by atoms with Crippen molar-refractivity contribution in [2.45, 2.75) is 0 Å². The van der Waals surface area contributed by atoms with E-state index in [0.717, 1.165) is 9.80 Å². The Morgan fingerprint density at radius 2 is 0.806 bits per heavy atom. The highest BCUT2D eigenvalue weighted by Gasteiger charge is 2.61. The zero-order valence-electron chi connectivity index (χ0n) is 18.3. The molecule has 4 aliphatic rings. The molecular weight excluding hydrogens is 546 g/mol. The van der Waals surface area contributed by atoms with Crippen LogP contribution in [-0.2, 0) is 19.2 Å². The van der Waals surface area contributed by atoms with Crippen LogP contribution in [0.5, 0.6) is 0 Å². The number of amides is 4. The van der Waals surface area contributed by atoms with Gasteiger partial charge >= 0.3 is 0 Å². The number of rotatable bonds is 2. The minimum atomic E-state index is -0.710. The molecule has 2 fully saturated rings. The lowest BCUT2D eigenvalue weighted by atomic mass is 9.55. The molecule has 2 aromatic rings. The highest BCUT2D eigenvalue weighted by Crippen LogP contribution is 2.54. The monoisotopic (exact) mass is 560 g/mol. The SMILES string of the molecule is O=C1[C@H]2C=C[C@H]3C(=O)N(c4cccc(Cl)c4Cl)C(=O)[C@@H]4C=C[C@@H](C(=O)N1c1cccc(Cl)c1Cl)C2C34. The van der Waals surface area contributed by atoms with Crippen LogP contribution >= 0.6 is 46.4 Å². The van der Waals surface area contributed by atoms with Crippen LogP contribution in [0.4, 0.5) is 11.4 Å². The zero-order valence-corrected chi connectivity index (χ0v) is 21.3. The summed E-state index contributed by atoms with van der Waals surface area (Å²) in [6.07, 6.45) is 6.67. The summed E-state index contributed by atoms with van der Waals surface area (Å²) in [6, 6.07) is 9.50. The highest BCUT2D eigenvalue weighted by atomic mass is 35.5. The molecule has 10 heteroatoms. The highest BCUT2D eigenvalue weighted by molar-refractivity contribution is 6.45. The van der Waals surface area contributed by atoms with Crippen molar-refractivity contribution in [2.24, 2.45) is 35.5 Å². The van der Waals surface area contributed by atoms with Crippen molar-refractivity contribution in [1.29, 1.82) is 0 Å². The molecule has 36 heavy (non-hydrogen) atoms. The van der Waals surface area contributed by atoms with Gasteiger partial charge in [0.1, 0.15) is 0 Å². The van der Waals surface area contributed by atoms with Crippen molar-refractivity contribution < 1.29 is 19.2 Å². The minimum absolute atomic E-state index is 0.103. The summed E-state index contributed by atoms with van der Waals surface area (Å²) < 4.78 is 0. The van der Waals surface area contributed by atoms with Crippen molar-refractivity contribution in [1.82, 2.24) is 0 Å². The van der Waals surface area contributed by atoms with Gasteiger partial charge in [0.05, 0.1) is 55.1 Å². The number of imide groups is 2. The minimum Gasteiger partial charge on any atom is -0.273 e. The fourth-order valence-corrected chi connectivity index (χ4v) is 6.76. The molecule has 2 unspecified atom stereocenters. The van der Waals surface area contributed by atoms with Crippen molar-refractivity contribution in [3.8, 4) is 0 Å². The number of benzene rings is 2. The summed E-state index contributed by atoms with van der Waals surface area (Å²) in [5.41, 5.74) is 0.419. The second kappa shape index (κ2) is 8.45. The lowest BCUT2D eigenvalue weighted by Gasteiger charge is -2.53. The summed E-state index contributed by atoms with van der Waals surface area (Å²) in [7, 11) is 0. The first-order chi connectivity index (χ1) is 17.2. The number of hydrogen-bond donors (Lipinski definition) is 0. The van der Waals surface area contributed by atoms with Crippen molar-refractivity contribution in [3.63, 3.8) is 0 Å². The van der Waals surface area contributed by atoms with Gasteiger partial charge in [-0.3, -0.25) is 19.2 Å². The van der Waals surface area contributed by atoms with Gasteiger partial charge < -0.3 is 0 Å². The topological polar surface area (TPSA) is 74.8 Å². The number of piperidine rings is 2. The van der Waals surface area contributed by atoms with Crippen LogP contribution in [0.1, 0.15) is 0 Å². The Kier molecular flexibility index (Phi) is 5.57. The lowest BCUT2D eigenvalue weighted by Crippen LogP contribution is -2.64. The average Bonchev–Trinajstić information content (AvgIpc) is 2.86. The predicted molar refractivity (Wildman–Crippen MR) is 137 cm³/mol. The van der Waals surface area contributed by atoms with Crippen molar-refractivity contribution >= 4 is 81.4 Å². The number of nitrogens with zero attached hydrogens (tertiary/aromatic N) is 2. The first-order valence-electron chi connectivity index (χ1n) is 11.2. The van der Waals surface area contributed by atoms with Crippen molar-refractivity contribution in [3.05, 3.63) is 80.8 Å². The zero-order chi connectivity index (χ0) is 25.5. The first-order valence-corrected chi connectivity index (χ1v) is 12.7. The Balaban J connectivity index is 1.45. The van der Waals surface area contributed by atoms with E-state index in [-0.39, 0.29) is 31.5 Å². The Morgan fingerprint density at radius 1 is 0.500 bits per heavy atom. The number of hydrogen-bond acceptors (Lipinski definition) is 4. The second-order valence-electron chi connectivity index (χ2n) is 9.20. The Bertz CT molecular complexity index is 1280. The van der Waals surface area contributed by atoms with E-state index >= 15 is 0 Å². The molecule has 6 nitrogen and oxygen atoms in total. The van der Waals surface area contributed by atoms with Crippen LogP contribution in [0.15, 0.2) is 60.7 Å². The predicted octanol–water partition coefficient (Wildman–Crippen LogP) is 5.58. The van der Waals surface area contributed by atoms with Gasteiger partial charge in [-0.25, -0.2) is 9.80 Å². The fourth-order valence-electron chi connectivity index (χ4n) is 6.00. The van der Waals surface area contributed by atoms with E-state index in [0.29, 0.717) is 0 Å². The van der Waals surface area contributed by atoms with E-state index in [4.69, 9.17) is 46.4 Å². The maximum absolute atomic E-state index is 13.6. The summed E-state index contributed by atoms with van der Waals surface area (Å²) in [6.45, 7) is 0. The van der Waals surface area contributed by atoms with Crippen molar-refractivity contribution in [2.75, 3.05) is 9.80 Å². The van der Waals surface area contributed by atoms with Gasteiger partial charge in [-0.2, -0.15) is 0 Å². The largest absolute Gasteiger partial charge is 0.273 e. The molecule has 0 saturated carbocycles. The van der Waals surface area contributed by atoms with E-state index in [9.17, 15) is 19.2 Å². The van der Waals surface area contributed by atoms with E-state index in [1.807, 2.05) is 0 Å². The second-order valence-corrected chi connectivity index (χ2v) is 10.8. The molecule has 0 aromatic heterocycles. The van der Waals surface area contributed by atoms with E-state index < -0.39 is 59.1 Å². The maximum Gasteiger partial charge on any atom is 0.241 e. The standard InChI is InChI=1S/C26H16Cl4N2O4/c27-15-3-1-5-17(21(15)29)31-23(33)11-7-9-13-20-14(10-8-12(19(11)20)24(31)34)26(36)32(25(13)35)18-6-2-4-16(28)22(18)30/h1-14,19-20H/t11-,12-,13-,14+,19?,20?/m1/s1. The van der Waals surface area contributed by atoms with Gasteiger partial charge in [-0.05, 0) is 36.1 Å². The Hall–Kier alpha value is -2.64. The number of carbonyl (C=O) groups excluding carboxylic acids is 4. The molecule has 182 valence electrons. The van der Waals surface area contributed by atoms with Crippen LogP contribution in [-0.4, -0.2) is 23.6 Å². The molecular formula is C26H16Cl4N2O4. The first kappa shape index (κ1) is 23.7. The molecule has 6 rings (SSSR count). The quantitative estimate of drug-likeness (QED) is 0.354. The fraction of sp³-hybridized carbons (Fsp3) is 0.231. The van der Waals surface area contributed by atoms with Crippen LogP contribution in [0.2, 0.25) is 20.1 Å². The van der Waals surface area contributed by atoms with Gasteiger partial charge in [0.2, 0.25) is 23.6 Å². The summed E-state index contributed by atoms with van der Waals surface area (Å²) in [5, 5.41) is 0.649. The van der Waals surface area contributed by atoms with Crippen LogP contribution in [0.25, 0.3) is 0 Å². The molecule has 0 spiro atoms. The smallest absolute Gasteiger partial charge is 0.241 e. The molecule has 2 saturated heterocycles. The van der Waals surface area contributed by atoms with Gasteiger partial charge in [0.15, 0.2) is 0 Å². The van der Waals surface area contributed by atoms with Gasteiger partial charge in [-0.1, -0.05) is 82.8 Å². The van der Waals surface area contributed by atoms with Crippen LogP contribution in [0.3, 0.4) is 0 Å². The van der Waals surface area contributed by atoms with E-state index in [2.05, 4.69) is 0 Å². The molecule has 2 aromatic carbocycles. The number of carbonyl (C=O) groups is 4. The molecule has 0 bridgehead atoms. The molecule has 0 N–H and O–H groups in total. The summed E-state index contributed by atoms with van der Waals surface area (Å²) >= 11 is 25.0. The lowest BCUT2D eigenvalue weighted by molar-refractivity contribution is -0.148. The molecule has 4 amide bonds. The summed E-state index contributed by atoms with van der Waals surface area (Å²) in [5.74, 6) is -5.79. The van der Waals surface area contributed by atoms with E-state index in [1.54, 1.807) is 60.7 Å². The number of anilines is 2. The van der Waals surface area contributed by atoms with Gasteiger partial charge in [0, 0.05) is 0 Å². The van der Waals surface area contributed by atoms with Crippen LogP contribution in [0, 0.1) is 35.5 Å². The molecule has 2 heterocycles. The summed E-state index contributed by atoms with van der Waals surface area (Å²) in [4.78, 5) is 56.7. The van der Waals surface area contributed by atoms with Gasteiger partial charge in [-0.15, -0.1) is 0 Å². The normalized spacial score (nSPS) is 30.7. The number of halogens is 4. The van der Waals surface area contributed by atoms with Gasteiger partial charge in [0.25, 0.3) is 0 Å².